The van der Waals surface area contributed by atoms with E-state index in [2.05, 4.69) is 4.90 Å². The van der Waals surface area contributed by atoms with E-state index in [4.69, 9.17) is 19.2 Å². The van der Waals surface area contributed by atoms with E-state index >= 15 is 4.39 Å². The Hall–Kier alpha value is -5.07. The minimum atomic E-state index is -1.21. The Kier molecular flexibility index (Phi) is 12.4. The Labute approximate surface area is 320 Å². The normalized spacial score (nSPS) is 18.8. The van der Waals surface area contributed by atoms with Crippen LogP contribution in [0.5, 0.6) is 17.2 Å². The lowest BCUT2D eigenvalue weighted by Gasteiger charge is -2.39. The highest BCUT2D eigenvalue weighted by molar-refractivity contribution is 5.85. The first-order valence-electron chi connectivity index (χ1n) is 18.6. The number of amides is 1. The molecule has 4 aromatic rings. The molecule has 1 N–H and O–H groups in total. The fourth-order valence-corrected chi connectivity index (χ4v) is 7.84. The molecular weight excluding hydrogens is 709 g/mol. The number of carbonyl (C=O) groups excluding carboxylic acids is 1. The minimum absolute atomic E-state index is 0.0974. The first kappa shape index (κ1) is 39.6. The highest BCUT2D eigenvalue weighted by Crippen LogP contribution is 2.43. The standard InChI is InChI=1S/C43H49F3N4O5/c1-5-6-7-8-35-27-47-40(50(35)29-30-9-12-33(44)13-10-30)43(52)17-20-48(21-18-43)19-15-42(26-32-11-14-34(45)25-36(32)46)16-22-49(41(42)51)28-31-23-37(53-2)39(55-4)38(24-31)54-3/h5-14,23-25,27,52H,15-22,26,28-29H2,1-4H3/b6-5-,8-7-. The highest BCUT2D eigenvalue weighted by atomic mass is 19.1. The molecule has 0 saturated carbocycles. The van der Waals surface area contributed by atoms with Crippen molar-refractivity contribution >= 4 is 12.0 Å². The van der Waals surface area contributed by atoms with Gasteiger partial charge in [0.2, 0.25) is 11.7 Å². The maximum atomic E-state index is 15.1. The number of rotatable bonds is 15. The SMILES string of the molecule is C/C=C\C=C/c1cnc(C2(O)CCN(CCC3(Cc4ccc(F)cc4F)CCN(Cc4cc(OC)c(OC)c(OC)c4)C3=O)CC2)n1Cc1ccc(F)cc1. The summed E-state index contributed by atoms with van der Waals surface area (Å²) in [6.07, 6.45) is 11.3. The Balaban J connectivity index is 1.19. The van der Waals surface area contributed by atoms with Crippen molar-refractivity contribution in [3.8, 4) is 17.2 Å². The Morgan fingerprint density at radius 3 is 2.16 bits per heavy atom. The molecule has 3 heterocycles. The molecule has 1 aromatic heterocycles. The number of halogens is 3. The second-order valence-electron chi connectivity index (χ2n) is 14.4. The van der Waals surface area contributed by atoms with E-state index in [0.29, 0.717) is 87.0 Å². The monoisotopic (exact) mass is 758 g/mol. The molecule has 292 valence electrons. The van der Waals surface area contributed by atoms with Crippen molar-refractivity contribution in [2.24, 2.45) is 5.41 Å². The molecule has 9 nitrogen and oxygen atoms in total. The van der Waals surface area contributed by atoms with Crippen LogP contribution in [0.4, 0.5) is 13.2 Å². The van der Waals surface area contributed by atoms with Gasteiger partial charge in [0, 0.05) is 38.8 Å². The van der Waals surface area contributed by atoms with Crippen LogP contribution >= 0.6 is 0 Å². The third-order valence-electron chi connectivity index (χ3n) is 11.0. The predicted octanol–water partition coefficient (Wildman–Crippen LogP) is 7.30. The zero-order valence-electron chi connectivity index (χ0n) is 31.9. The van der Waals surface area contributed by atoms with Gasteiger partial charge in [-0.05, 0) is 98.7 Å². The van der Waals surface area contributed by atoms with Gasteiger partial charge in [0.25, 0.3) is 0 Å². The molecule has 0 spiro atoms. The number of hydrogen-bond donors (Lipinski definition) is 1. The number of benzene rings is 3. The summed E-state index contributed by atoms with van der Waals surface area (Å²) in [4.78, 5) is 23.2. The quantitative estimate of drug-likeness (QED) is 0.127. The zero-order valence-corrected chi connectivity index (χ0v) is 31.9. The Morgan fingerprint density at radius 2 is 1.53 bits per heavy atom. The number of aromatic nitrogens is 2. The van der Waals surface area contributed by atoms with E-state index < -0.39 is 22.7 Å². The van der Waals surface area contributed by atoms with Crippen LogP contribution in [0.2, 0.25) is 0 Å². The van der Waals surface area contributed by atoms with E-state index in [1.165, 1.54) is 45.6 Å². The topological polar surface area (TPSA) is 89.3 Å². The fourth-order valence-electron chi connectivity index (χ4n) is 7.84. The lowest BCUT2D eigenvalue weighted by atomic mass is 9.76. The van der Waals surface area contributed by atoms with Gasteiger partial charge >= 0.3 is 0 Å². The summed E-state index contributed by atoms with van der Waals surface area (Å²) in [6.45, 7) is 4.73. The van der Waals surface area contributed by atoms with E-state index in [0.717, 1.165) is 22.9 Å². The van der Waals surface area contributed by atoms with Gasteiger partial charge in [-0.25, -0.2) is 18.2 Å². The van der Waals surface area contributed by atoms with E-state index in [1.807, 2.05) is 47.9 Å². The average molecular weight is 759 g/mol. The smallest absolute Gasteiger partial charge is 0.229 e. The summed E-state index contributed by atoms with van der Waals surface area (Å²) in [6, 6.07) is 13.5. The second kappa shape index (κ2) is 17.2. The lowest BCUT2D eigenvalue weighted by Crippen LogP contribution is -2.46. The van der Waals surface area contributed by atoms with Gasteiger partial charge in [-0.1, -0.05) is 36.4 Å². The largest absolute Gasteiger partial charge is 0.493 e. The summed E-state index contributed by atoms with van der Waals surface area (Å²) >= 11 is 0. The van der Waals surface area contributed by atoms with Crippen molar-refractivity contribution in [3.05, 3.63) is 125 Å². The second-order valence-corrected chi connectivity index (χ2v) is 14.4. The Morgan fingerprint density at radius 1 is 0.836 bits per heavy atom. The maximum absolute atomic E-state index is 15.1. The van der Waals surface area contributed by atoms with Crippen molar-refractivity contribution < 1.29 is 37.3 Å². The molecule has 2 fully saturated rings. The van der Waals surface area contributed by atoms with Gasteiger partial charge in [-0.3, -0.25) is 4.79 Å². The number of nitrogens with zero attached hydrogens (tertiary/aromatic N) is 4. The number of methoxy groups -OCH3 is 3. The van der Waals surface area contributed by atoms with Gasteiger partial charge < -0.3 is 33.7 Å². The summed E-state index contributed by atoms with van der Waals surface area (Å²) < 4.78 is 61.3. The third-order valence-corrected chi connectivity index (χ3v) is 11.0. The van der Waals surface area contributed by atoms with Crippen molar-refractivity contribution in [2.45, 2.75) is 57.7 Å². The van der Waals surface area contributed by atoms with Gasteiger partial charge in [0.1, 0.15) is 28.9 Å². The minimum Gasteiger partial charge on any atom is -0.493 e. The van der Waals surface area contributed by atoms with Crippen molar-refractivity contribution in [1.82, 2.24) is 19.4 Å². The van der Waals surface area contributed by atoms with Crippen molar-refractivity contribution in [3.63, 3.8) is 0 Å². The van der Waals surface area contributed by atoms with Crippen LogP contribution in [0.25, 0.3) is 6.08 Å². The molecule has 0 bridgehead atoms. The van der Waals surface area contributed by atoms with Crippen molar-refractivity contribution in [1.29, 1.82) is 0 Å². The first-order chi connectivity index (χ1) is 26.5. The van der Waals surface area contributed by atoms with Gasteiger partial charge in [-0.2, -0.15) is 0 Å². The van der Waals surface area contributed by atoms with Crippen LogP contribution in [0, 0.1) is 22.9 Å². The molecule has 2 aliphatic heterocycles. The van der Waals surface area contributed by atoms with Crippen LogP contribution in [0.3, 0.4) is 0 Å². The van der Waals surface area contributed by atoms with Gasteiger partial charge in [0.05, 0.1) is 38.6 Å². The fraction of sp³-hybridized carbons (Fsp3) is 0.395. The van der Waals surface area contributed by atoms with Crippen LogP contribution in [0.15, 0.2) is 79.0 Å². The molecule has 2 saturated heterocycles. The van der Waals surface area contributed by atoms with Crippen LogP contribution in [-0.2, 0) is 29.9 Å². The predicted molar refractivity (Wildman–Crippen MR) is 204 cm³/mol. The molecule has 3 aromatic carbocycles. The molecule has 1 atom stereocenters. The molecular formula is C43H49F3N4O5. The molecule has 1 amide bonds. The number of ether oxygens (including phenoxy) is 3. The zero-order chi connectivity index (χ0) is 39.2. The first-order valence-corrected chi connectivity index (χ1v) is 18.6. The number of piperidine rings is 1. The Bertz CT molecular complexity index is 2000. The van der Waals surface area contributed by atoms with Crippen molar-refractivity contribution in [2.75, 3.05) is 47.5 Å². The highest BCUT2D eigenvalue weighted by Gasteiger charge is 2.47. The summed E-state index contributed by atoms with van der Waals surface area (Å²) in [7, 11) is 4.60. The molecule has 2 aliphatic rings. The third kappa shape index (κ3) is 8.76. The number of aliphatic hydroxyl groups is 1. The molecule has 1 unspecified atom stereocenters. The van der Waals surface area contributed by atoms with Crippen LogP contribution < -0.4 is 14.2 Å². The molecule has 0 aliphatic carbocycles. The van der Waals surface area contributed by atoms with Gasteiger partial charge in [0.15, 0.2) is 11.5 Å². The van der Waals surface area contributed by atoms with Crippen LogP contribution in [0.1, 0.15) is 60.8 Å². The number of allylic oxidation sites excluding steroid dienone is 3. The summed E-state index contributed by atoms with van der Waals surface area (Å²) in [5, 5.41) is 12.1. The molecule has 12 heteroatoms. The molecule has 55 heavy (non-hydrogen) atoms. The molecule has 0 radical (unpaired) electrons. The van der Waals surface area contributed by atoms with Gasteiger partial charge in [-0.15, -0.1) is 0 Å². The van der Waals surface area contributed by atoms with E-state index in [-0.39, 0.29) is 24.7 Å². The van der Waals surface area contributed by atoms with E-state index in [1.54, 1.807) is 23.2 Å². The number of carbonyl (C=O) groups is 1. The number of likely N-dealkylation sites (tertiary alicyclic amines) is 2. The van der Waals surface area contributed by atoms with Crippen LogP contribution in [-0.4, -0.2) is 77.9 Å². The summed E-state index contributed by atoms with van der Waals surface area (Å²) in [5.74, 6) is 0.207. The summed E-state index contributed by atoms with van der Waals surface area (Å²) in [5.41, 5.74) is 0.653. The number of hydrogen-bond acceptors (Lipinski definition) is 7. The average Bonchev–Trinajstić information content (AvgIpc) is 3.73. The number of imidazole rings is 1. The molecule has 6 rings (SSSR count). The maximum Gasteiger partial charge on any atom is 0.229 e. The lowest BCUT2D eigenvalue weighted by molar-refractivity contribution is -0.137. The van der Waals surface area contributed by atoms with E-state index in [9.17, 15) is 18.7 Å².